The van der Waals surface area contributed by atoms with E-state index in [1.165, 1.54) is 6.26 Å². The molecule has 0 spiro atoms. The summed E-state index contributed by atoms with van der Waals surface area (Å²) in [6.07, 6.45) is 4.86. The Morgan fingerprint density at radius 1 is 0.966 bits per heavy atom. The molecular formula is C21H21N5O3. The Labute approximate surface area is 168 Å². The summed E-state index contributed by atoms with van der Waals surface area (Å²) < 4.78 is 5.20. The van der Waals surface area contributed by atoms with E-state index in [-0.39, 0.29) is 11.8 Å². The van der Waals surface area contributed by atoms with Crippen molar-refractivity contribution in [3.8, 4) is 0 Å². The quantitative estimate of drug-likeness (QED) is 0.715. The van der Waals surface area contributed by atoms with E-state index in [9.17, 15) is 9.59 Å². The van der Waals surface area contributed by atoms with Gasteiger partial charge < -0.3 is 19.5 Å². The SMILES string of the molecule is O=C(NCc1ccccn1)c1cccnc1N1CCN(C(=O)c2ccco2)CC1. The van der Waals surface area contributed by atoms with Crippen molar-refractivity contribution in [1.82, 2.24) is 20.2 Å². The third-order valence-corrected chi connectivity index (χ3v) is 4.79. The van der Waals surface area contributed by atoms with Gasteiger partial charge in [-0.05, 0) is 36.4 Å². The first-order valence-electron chi connectivity index (χ1n) is 9.43. The summed E-state index contributed by atoms with van der Waals surface area (Å²) in [5.74, 6) is 0.638. The van der Waals surface area contributed by atoms with Crippen molar-refractivity contribution in [2.75, 3.05) is 31.1 Å². The number of carbonyl (C=O) groups is 2. The maximum Gasteiger partial charge on any atom is 0.289 e. The molecule has 1 N–H and O–H groups in total. The number of amides is 2. The fourth-order valence-corrected chi connectivity index (χ4v) is 3.27. The molecule has 2 amide bonds. The van der Waals surface area contributed by atoms with Crippen LogP contribution in [0.5, 0.6) is 0 Å². The minimum atomic E-state index is -0.201. The molecule has 0 atom stereocenters. The second kappa shape index (κ2) is 8.55. The van der Waals surface area contributed by atoms with Crippen molar-refractivity contribution in [1.29, 1.82) is 0 Å². The fraction of sp³-hybridized carbons (Fsp3) is 0.238. The molecule has 1 aliphatic rings. The summed E-state index contributed by atoms with van der Waals surface area (Å²) >= 11 is 0. The van der Waals surface area contributed by atoms with Crippen LogP contribution in [0.2, 0.25) is 0 Å². The number of carbonyl (C=O) groups excluding carboxylic acids is 2. The van der Waals surface area contributed by atoms with Crippen LogP contribution in [0.25, 0.3) is 0 Å². The second-order valence-corrected chi connectivity index (χ2v) is 6.63. The van der Waals surface area contributed by atoms with Gasteiger partial charge in [-0.15, -0.1) is 0 Å². The highest BCUT2D eigenvalue weighted by Gasteiger charge is 2.26. The summed E-state index contributed by atoms with van der Waals surface area (Å²) in [6, 6.07) is 12.4. The highest BCUT2D eigenvalue weighted by Crippen LogP contribution is 2.20. The summed E-state index contributed by atoms with van der Waals surface area (Å²) in [5.41, 5.74) is 1.30. The molecule has 0 aliphatic carbocycles. The van der Waals surface area contributed by atoms with Gasteiger partial charge in [0.2, 0.25) is 0 Å². The molecule has 1 aliphatic heterocycles. The third-order valence-electron chi connectivity index (χ3n) is 4.79. The van der Waals surface area contributed by atoms with E-state index < -0.39 is 0 Å². The maximum atomic E-state index is 12.7. The Balaban J connectivity index is 1.41. The van der Waals surface area contributed by atoms with Crippen molar-refractivity contribution < 1.29 is 14.0 Å². The van der Waals surface area contributed by atoms with Gasteiger partial charge in [-0.25, -0.2) is 4.98 Å². The van der Waals surface area contributed by atoms with E-state index in [4.69, 9.17) is 4.42 Å². The Bertz CT molecular complexity index is 967. The number of furan rings is 1. The van der Waals surface area contributed by atoms with Gasteiger partial charge >= 0.3 is 0 Å². The van der Waals surface area contributed by atoms with Gasteiger partial charge in [0, 0.05) is 38.6 Å². The molecule has 29 heavy (non-hydrogen) atoms. The summed E-state index contributed by atoms with van der Waals surface area (Å²) in [7, 11) is 0. The van der Waals surface area contributed by atoms with Crippen LogP contribution in [0.4, 0.5) is 5.82 Å². The van der Waals surface area contributed by atoms with Crippen LogP contribution in [0.3, 0.4) is 0 Å². The summed E-state index contributed by atoms with van der Waals surface area (Å²) in [6.45, 7) is 2.59. The van der Waals surface area contributed by atoms with Gasteiger partial charge in [-0.1, -0.05) is 6.07 Å². The Hall–Kier alpha value is -3.68. The molecule has 3 aromatic rings. The first-order valence-corrected chi connectivity index (χ1v) is 9.43. The number of hydrogen-bond acceptors (Lipinski definition) is 6. The lowest BCUT2D eigenvalue weighted by Gasteiger charge is -2.35. The Morgan fingerprint density at radius 2 is 1.79 bits per heavy atom. The third kappa shape index (κ3) is 4.26. The number of piperazine rings is 1. The van der Waals surface area contributed by atoms with Gasteiger partial charge in [0.25, 0.3) is 11.8 Å². The highest BCUT2D eigenvalue weighted by atomic mass is 16.3. The number of nitrogens with zero attached hydrogens (tertiary/aromatic N) is 4. The van der Waals surface area contributed by atoms with E-state index >= 15 is 0 Å². The molecule has 0 saturated carbocycles. The topological polar surface area (TPSA) is 91.6 Å². The number of aromatic nitrogens is 2. The molecule has 0 unspecified atom stereocenters. The molecule has 148 valence electrons. The smallest absolute Gasteiger partial charge is 0.289 e. The zero-order chi connectivity index (χ0) is 20.1. The molecule has 0 aromatic carbocycles. The van der Waals surface area contributed by atoms with E-state index in [0.717, 1.165) is 5.69 Å². The molecule has 0 bridgehead atoms. The van der Waals surface area contributed by atoms with Crippen LogP contribution in [0.1, 0.15) is 26.6 Å². The summed E-state index contributed by atoms with van der Waals surface area (Å²) in [5, 5.41) is 2.90. The van der Waals surface area contributed by atoms with Gasteiger partial charge in [-0.2, -0.15) is 0 Å². The van der Waals surface area contributed by atoms with E-state index in [0.29, 0.717) is 49.9 Å². The van der Waals surface area contributed by atoms with Gasteiger partial charge in [0.15, 0.2) is 5.76 Å². The summed E-state index contributed by atoms with van der Waals surface area (Å²) in [4.78, 5) is 37.6. The van der Waals surface area contributed by atoms with Crippen LogP contribution in [0.15, 0.2) is 65.5 Å². The van der Waals surface area contributed by atoms with Crippen molar-refractivity contribution in [3.05, 3.63) is 78.1 Å². The van der Waals surface area contributed by atoms with E-state index in [2.05, 4.69) is 15.3 Å². The average Bonchev–Trinajstić information content (AvgIpc) is 3.33. The largest absolute Gasteiger partial charge is 0.459 e. The molecule has 1 saturated heterocycles. The normalized spacial score (nSPS) is 13.9. The first kappa shape index (κ1) is 18.7. The van der Waals surface area contributed by atoms with Crippen LogP contribution >= 0.6 is 0 Å². The number of pyridine rings is 2. The van der Waals surface area contributed by atoms with Crippen LogP contribution in [-0.4, -0.2) is 52.9 Å². The van der Waals surface area contributed by atoms with Crippen LogP contribution < -0.4 is 10.2 Å². The van der Waals surface area contributed by atoms with Crippen molar-refractivity contribution in [3.63, 3.8) is 0 Å². The van der Waals surface area contributed by atoms with Crippen molar-refractivity contribution in [2.24, 2.45) is 0 Å². The Morgan fingerprint density at radius 3 is 2.52 bits per heavy atom. The van der Waals surface area contributed by atoms with Gasteiger partial charge in [-0.3, -0.25) is 14.6 Å². The minimum absolute atomic E-state index is 0.121. The predicted molar refractivity (Wildman–Crippen MR) is 106 cm³/mol. The van der Waals surface area contributed by atoms with Gasteiger partial charge in [0.1, 0.15) is 5.82 Å². The molecule has 4 heterocycles. The lowest BCUT2D eigenvalue weighted by atomic mass is 10.2. The molecule has 1 fully saturated rings. The molecular weight excluding hydrogens is 370 g/mol. The number of anilines is 1. The monoisotopic (exact) mass is 391 g/mol. The molecule has 0 radical (unpaired) electrons. The van der Waals surface area contributed by atoms with Crippen molar-refractivity contribution >= 4 is 17.6 Å². The number of nitrogens with one attached hydrogen (secondary N) is 1. The standard InChI is InChI=1S/C21H21N5O3/c27-20(24-15-16-5-1-2-8-22-16)17-6-3-9-23-19(17)25-10-12-26(13-11-25)21(28)18-7-4-14-29-18/h1-9,14H,10-13,15H2,(H,24,27). The average molecular weight is 391 g/mol. The first-order chi connectivity index (χ1) is 14.2. The fourth-order valence-electron chi connectivity index (χ4n) is 3.27. The Kier molecular flexibility index (Phi) is 5.51. The minimum Gasteiger partial charge on any atom is -0.459 e. The maximum absolute atomic E-state index is 12.7. The molecule has 8 nitrogen and oxygen atoms in total. The van der Waals surface area contributed by atoms with Crippen LogP contribution in [-0.2, 0) is 6.54 Å². The zero-order valence-electron chi connectivity index (χ0n) is 15.8. The zero-order valence-corrected chi connectivity index (χ0v) is 15.8. The van der Waals surface area contributed by atoms with E-state index in [1.54, 1.807) is 41.6 Å². The van der Waals surface area contributed by atoms with Gasteiger partial charge in [0.05, 0.1) is 24.1 Å². The number of hydrogen-bond donors (Lipinski definition) is 1. The lowest BCUT2D eigenvalue weighted by molar-refractivity contribution is 0.0713. The molecule has 8 heteroatoms. The molecule has 4 rings (SSSR count). The number of rotatable bonds is 5. The van der Waals surface area contributed by atoms with Crippen molar-refractivity contribution in [2.45, 2.75) is 6.54 Å². The van der Waals surface area contributed by atoms with E-state index in [1.807, 2.05) is 23.1 Å². The van der Waals surface area contributed by atoms with Crippen LogP contribution in [0, 0.1) is 0 Å². The predicted octanol–water partition coefficient (Wildman–Crippen LogP) is 1.96. The second-order valence-electron chi connectivity index (χ2n) is 6.63. The highest BCUT2D eigenvalue weighted by molar-refractivity contribution is 5.99. The lowest BCUT2D eigenvalue weighted by Crippen LogP contribution is -2.49. The molecule has 3 aromatic heterocycles.